The molecule has 0 bridgehead atoms. The summed E-state index contributed by atoms with van der Waals surface area (Å²) in [5.41, 5.74) is 6.75. The Morgan fingerprint density at radius 2 is 2.24 bits per heavy atom. The number of benzene rings is 1. The van der Waals surface area contributed by atoms with E-state index in [0.717, 1.165) is 12.8 Å². The molecule has 1 saturated carbocycles. The molecule has 2 rings (SSSR count). The van der Waals surface area contributed by atoms with E-state index in [0.29, 0.717) is 30.3 Å². The lowest BCUT2D eigenvalue weighted by atomic mass is 9.75. The first-order chi connectivity index (χ1) is 10.0. The molecule has 0 aromatic heterocycles. The molecule has 21 heavy (non-hydrogen) atoms. The molecule has 1 aromatic rings. The minimum atomic E-state index is -0.261. The van der Waals surface area contributed by atoms with Crippen molar-refractivity contribution < 1.29 is 9.13 Å². The molecule has 3 nitrogen and oxygen atoms in total. The molecule has 1 fully saturated rings. The van der Waals surface area contributed by atoms with Crippen LogP contribution in [-0.4, -0.2) is 31.1 Å². The summed E-state index contributed by atoms with van der Waals surface area (Å²) in [6.07, 6.45) is 4.65. The van der Waals surface area contributed by atoms with Crippen LogP contribution in [0, 0.1) is 11.7 Å². The summed E-state index contributed by atoms with van der Waals surface area (Å²) in [6, 6.07) is 5.31. The van der Waals surface area contributed by atoms with Crippen LogP contribution in [0.3, 0.4) is 0 Å². The lowest BCUT2D eigenvalue weighted by Gasteiger charge is -2.46. The normalized spacial score (nSPS) is 26.1. The molecule has 2 N–H and O–H groups in total. The number of hydrogen-bond donors (Lipinski definition) is 1. The molecular formula is C17H27FN2O. The molecule has 0 amide bonds. The third kappa shape index (κ3) is 3.38. The fraction of sp³-hybridized carbons (Fsp3) is 0.647. The maximum atomic E-state index is 14.3. The summed E-state index contributed by atoms with van der Waals surface area (Å²) in [5.74, 6) is 0.725. The van der Waals surface area contributed by atoms with Crippen molar-refractivity contribution >= 4 is 0 Å². The van der Waals surface area contributed by atoms with Gasteiger partial charge in [-0.05, 0) is 31.9 Å². The van der Waals surface area contributed by atoms with E-state index < -0.39 is 0 Å². The zero-order chi connectivity index (χ0) is 15.5. The maximum Gasteiger partial charge on any atom is 0.169 e. The molecule has 4 heteroatoms. The summed E-state index contributed by atoms with van der Waals surface area (Å²) >= 11 is 0. The van der Waals surface area contributed by atoms with Crippen LogP contribution in [-0.2, 0) is 6.54 Å². The summed E-state index contributed by atoms with van der Waals surface area (Å²) in [6.45, 7) is 3.47. The Hall–Kier alpha value is -1.13. The van der Waals surface area contributed by atoms with E-state index >= 15 is 0 Å². The van der Waals surface area contributed by atoms with Crippen LogP contribution in [0.2, 0.25) is 0 Å². The highest BCUT2D eigenvalue weighted by molar-refractivity contribution is 5.31. The number of hydrogen-bond acceptors (Lipinski definition) is 3. The molecule has 2 unspecified atom stereocenters. The second-order valence-corrected chi connectivity index (χ2v) is 6.42. The summed E-state index contributed by atoms with van der Waals surface area (Å²) in [5, 5.41) is 0. The summed E-state index contributed by atoms with van der Waals surface area (Å²) < 4.78 is 19.4. The van der Waals surface area contributed by atoms with E-state index in [4.69, 9.17) is 10.5 Å². The van der Waals surface area contributed by atoms with Gasteiger partial charge in [-0.15, -0.1) is 0 Å². The Balaban J connectivity index is 2.18. The molecule has 1 aromatic carbocycles. The Morgan fingerprint density at radius 1 is 1.48 bits per heavy atom. The monoisotopic (exact) mass is 294 g/mol. The second-order valence-electron chi connectivity index (χ2n) is 6.42. The van der Waals surface area contributed by atoms with Crippen LogP contribution < -0.4 is 10.5 Å². The minimum Gasteiger partial charge on any atom is -0.494 e. The standard InChI is InChI=1S/C17H27FN2O/c1-13-6-5-9-17(10-13,12-19)20(2)11-14-7-4-8-15(21-3)16(14)18/h4,7-8,13H,5-6,9-12,19H2,1-3H3. The van der Waals surface area contributed by atoms with Crippen molar-refractivity contribution in [2.24, 2.45) is 11.7 Å². The van der Waals surface area contributed by atoms with Gasteiger partial charge in [0.25, 0.3) is 0 Å². The summed E-state index contributed by atoms with van der Waals surface area (Å²) in [7, 11) is 3.56. The predicted molar refractivity (Wildman–Crippen MR) is 83.8 cm³/mol. The van der Waals surface area contributed by atoms with E-state index in [1.807, 2.05) is 12.1 Å². The quantitative estimate of drug-likeness (QED) is 0.906. The largest absolute Gasteiger partial charge is 0.494 e. The first-order valence-corrected chi connectivity index (χ1v) is 7.75. The van der Waals surface area contributed by atoms with Gasteiger partial charge in [0.05, 0.1) is 7.11 Å². The third-order valence-electron chi connectivity index (χ3n) is 4.93. The lowest BCUT2D eigenvalue weighted by Crippen LogP contribution is -2.54. The van der Waals surface area contributed by atoms with Crippen LogP contribution in [0.15, 0.2) is 18.2 Å². The van der Waals surface area contributed by atoms with Gasteiger partial charge in [-0.3, -0.25) is 4.90 Å². The zero-order valence-electron chi connectivity index (χ0n) is 13.4. The van der Waals surface area contributed by atoms with Crippen molar-refractivity contribution in [1.82, 2.24) is 4.90 Å². The molecule has 1 aliphatic carbocycles. The van der Waals surface area contributed by atoms with Crippen LogP contribution in [0.1, 0.15) is 38.2 Å². The molecule has 1 aliphatic rings. The second kappa shape index (κ2) is 6.75. The van der Waals surface area contributed by atoms with Gasteiger partial charge in [0.1, 0.15) is 0 Å². The number of ether oxygens (including phenoxy) is 1. The van der Waals surface area contributed by atoms with Crippen molar-refractivity contribution in [3.8, 4) is 5.75 Å². The van der Waals surface area contributed by atoms with E-state index in [1.54, 1.807) is 6.07 Å². The molecule has 2 atom stereocenters. The third-order valence-corrected chi connectivity index (χ3v) is 4.93. The van der Waals surface area contributed by atoms with Crippen molar-refractivity contribution in [1.29, 1.82) is 0 Å². The topological polar surface area (TPSA) is 38.5 Å². The molecule has 118 valence electrons. The number of methoxy groups -OCH3 is 1. The van der Waals surface area contributed by atoms with Crippen LogP contribution in [0.4, 0.5) is 4.39 Å². The molecular weight excluding hydrogens is 267 g/mol. The fourth-order valence-corrected chi connectivity index (χ4v) is 3.58. The van der Waals surface area contributed by atoms with Crippen molar-refractivity contribution in [3.63, 3.8) is 0 Å². The molecule has 0 aliphatic heterocycles. The van der Waals surface area contributed by atoms with Crippen LogP contribution in [0.5, 0.6) is 5.75 Å². The number of halogens is 1. The van der Waals surface area contributed by atoms with Gasteiger partial charge in [0.2, 0.25) is 0 Å². The van der Waals surface area contributed by atoms with Gasteiger partial charge in [-0.1, -0.05) is 31.9 Å². The van der Waals surface area contributed by atoms with E-state index in [-0.39, 0.29) is 11.4 Å². The molecule has 0 saturated heterocycles. The van der Waals surface area contributed by atoms with Gasteiger partial charge in [-0.25, -0.2) is 4.39 Å². The maximum absolute atomic E-state index is 14.3. The van der Waals surface area contributed by atoms with Crippen molar-refractivity contribution in [3.05, 3.63) is 29.6 Å². The summed E-state index contributed by atoms with van der Waals surface area (Å²) in [4.78, 5) is 2.24. The van der Waals surface area contributed by atoms with Crippen molar-refractivity contribution in [2.75, 3.05) is 20.7 Å². The van der Waals surface area contributed by atoms with Gasteiger partial charge < -0.3 is 10.5 Å². The number of nitrogens with two attached hydrogens (primary N) is 1. The minimum absolute atomic E-state index is 0.00676. The Kier molecular flexibility index (Phi) is 5.22. The van der Waals surface area contributed by atoms with E-state index in [9.17, 15) is 4.39 Å². The van der Waals surface area contributed by atoms with Gasteiger partial charge in [0, 0.05) is 24.2 Å². The highest BCUT2D eigenvalue weighted by Gasteiger charge is 2.37. The van der Waals surface area contributed by atoms with Gasteiger partial charge in [-0.2, -0.15) is 0 Å². The van der Waals surface area contributed by atoms with Gasteiger partial charge in [0.15, 0.2) is 11.6 Å². The predicted octanol–water partition coefficient (Wildman–Crippen LogP) is 3.17. The van der Waals surface area contributed by atoms with E-state index in [2.05, 4.69) is 18.9 Å². The van der Waals surface area contributed by atoms with Crippen LogP contribution >= 0.6 is 0 Å². The highest BCUT2D eigenvalue weighted by atomic mass is 19.1. The molecule has 0 spiro atoms. The van der Waals surface area contributed by atoms with Crippen LogP contribution in [0.25, 0.3) is 0 Å². The number of rotatable bonds is 5. The van der Waals surface area contributed by atoms with Crippen molar-refractivity contribution in [2.45, 2.75) is 44.7 Å². The van der Waals surface area contributed by atoms with E-state index in [1.165, 1.54) is 20.0 Å². The Labute approximate surface area is 127 Å². The number of nitrogens with zero attached hydrogens (tertiary/aromatic N) is 1. The average Bonchev–Trinajstić information content (AvgIpc) is 2.49. The zero-order valence-corrected chi connectivity index (χ0v) is 13.4. The highest BCUT2D eigenvalue weighted by Crippen LogP contribution is 2.36. The average molecular weight is 294 g/mol. The Bertz CT molecular complexity index is 480. The fourth-order valence-electron chi connectivity index (χ4n) is 3.58. The van der Waals surface area contributed by atoms with Gasteiger partial charge >= 0.3 is 0 Å². The lowest BCUT2D eigenvalue weighted by molar-refractivity contribution is 0.0545. The number of likely N-dealkylation sites (N-methyl/N-ethyl adjacent to an activating group) is 1. The first-order valence-electron chi connectivity index (χ1n) is 7.75. The first kappa shape index (κ1) is 16.2. The molecule has 0 radical (unpaired) electrons. The SMILES string of the molecule is COc1cccc(CN(C)C2(CN)CCCC(C)C2)c1F. The Morgan fingerprint density at radius 3 is 2.86 bits per heavy atom. The smallest absolute Gasteiger partial charge is 0.169 e. The molecule has 0 heterocycles.